The SMILES string of the molecule is CC(C)(C)OC(=O)N1CCN(CCOc2ccc(-c3cnc(N)c(C(=O)Nc4cccnc4)n3)cc2)CC1. The van der Waals surface area contributed by atoms with Gasteiger partial charge in [0.2, 0.25) is 0 Å². The molecule has 3 N–H and O–H groups in total. The number of amides is 2. The Bertz CT molecular complexity index is 1240. The van der Waals surface area contributed by atoms with Gasteiger partial charge in [-0.15, -0.1) is 0 Å². The second kappa shape index (κ2) is 11.9. The summed E-state index contributed by atoms with van der Waals surface area (Å²) in [6.45, 7) is 9.69. The van der Waals surface area contributed by atoms with Crippen molar-refractivity contribution in [1.82, 2.24) is 24.8 Å². The van der Waals surface area contributed by atoms with Gasteiger partial charge in [0.15, 0.2) is 11.5 Å². The molecular formula is C27H33N7O4. The molecule has 0 spiro atoms. The third-order valence-corrected chi connectivity index (χ3v) is 5.79. The minimum atomic E-state index is -0.491. The Kier molecular flexibility index (Phi) is 8.37. The molecule has 0 radical (unpaired) electrons. The van der Waals surface area contributed by atoms with Gasteiger partial charge in [0.05, 0.1) is 23.8 Å². The zero-order valence-electron chi connectivity index (χ0n) is 21.9. The molecule has 1 aliphatic rings. The van der Waals surface area contributed by atoms with E-state index < -0.39 is 11.5 Å². The lowest BCUT2D eigenvalue weighted by Crippen LogP contribution is -2.50. The number of carbonyl (C=O) groups excluding carboxylic acids is 2. The van der Waals surface area contributed by atoms with Crippen LogP contribution < -0.4 is 15.8 Å². The molecule has 3 aromatic rings. The van der Waals surface area contributed by atoms with Crippen molar-refractivity contribution in [1.29, 1.82) is 0 Å². The standard InChI is InChI=1S/C27H33N7O4/c1-27(2,3)38-26(36)34-13-11-33(12-14-34)15-16-37-21-8-6-19(7-9-21)22-18-30-24(28)23(32-22)25(35)31-20-5-4-10-29-17-20/h4-10,17-18H,11-16H2,1-3H3,(H2,28,30)(H,31,35). The molecule has 0 atom stereocenters. The Morgan fingerprint density at radius 3 is 2.45 bits per heavy atom. The van der Waals surface area contributed by atoms with Gasteiger partial charge in [-0.05, 0) is 57.2 Å². The number of hydrogen-bond acceptors (Lipinski definition) is 9. The Morgan fingerprint density at radius 2 is 1.79 bits per heavy atom. The molecule has 1 aliphatic heterocycles. The second-order valence-electron chi connectivity index (χ2n) is 9.87. The second-order valence-corrected chi connectivity index (χ2v) is 9.87. The van der Waals surface area contributed by atoms with Gasteiger partial charge in [-0.3, -0.25) is 14.7 Å². The maximum absolute atomic E-state index is 12.7. The molecule has 1 fully saturated rings. The predicted octanol–water partition coefficient (Wildman–Crippen LogP) is 3.30. The molecule has 11 heteroatoms. The van der Waals surface area contributed by atoms with Gasteiger partial charge in [0.25, 0.3) is 5.91 Å². The largest absolute Gasteiger partial charge is 0.492 e. The van der Waals surface area contributed by atoms with Gasteiger partial charge >= 0.3 is 6.09 Å². The Balaban J connectivity index is 1.27. The van der Waals surface area contributed by atoms with Gasteiger partial charge in [0.1, 0.15) is 18.0 Å². The van der Waals surface area contributed by atoms with Gasteiger partial charge in [-0.2, -0.15) is 0 Å². The molecule has 4 rings (SSSR count). The minimum Gasteiger partial charge on any atom is -0.492 e. The average Bonchev–Trinajstić information content (AvgIpc) is 2.89. The highest BCUT2D eigenvalue weighted by Gasteiger charge is 2.25. The van der Waals surface area contributed by atoms with Crippen LogP contribution in [0.4, 0.5) is 16.3 Å². The molecule has 1 saturated heterocycles. The van der Waals surface area contributed by atoms with Crippen molar-refractivity contribution in [2.75, 3.05) is 50.4 Å². The maximum Gasteiger partial charge on any atom is 0.410 e. The fourth-order valence-electron chi connectivity index (χ4n) is 3.83. The van der Waals surface area contributed by atoms with E-state index >= 15 is 0 Å². The molecule has 0 unspecified atom stereocenters. The van der Waals surface area contributed by atoms with Crippen molar-refractivity contribution in [2.24, 2.45) is 0 Å². The summed E-state index contributed by atoms with van der Waals surface area (Å²) in [5.74, 6) is 0.304. The van der Waals surface area contributed by atoms with Crippen LogP contribution in [0.25, 0.3) is 11.3 Å². The molecule has 11 nitrogen and oxygen atoms in total. The number of benzene rings is 1. The first-order chi connectivity index (χ1) is 18.2. The van der Waals surface area contributed by atoms with Crippen LogP contribution in [-0.4, -0.2) is 81.7 Å². The number of nitrogens with one attached hydrogen (secondary N) is 1. The fraction of sp³-hybridized carbons (Fsp3) is 0.370. The van der Waals surface area contributed by atoms with Crippen LogP contribution >= 0.6 is 0 Å². The molecule has 2 amide bonds. The van der Waals surface area contributed by atoms with E-state index in [0.717, 1.165) is 30.9 Å². The number of hydrogen-bond donors (Lipinski definition) is 2. The lowest BCUT2D eigenvalue weighted by molar-refractivity contribution is 0.0137. The highest BCUT2D eigenvalue weighted by atomic mass is 16.6. The number of rotatable bonds is 7. The highest BCUT2D eigenvalue weighted by molar-refractivity contribution is 6.05. The molecule has 38 heavy (non-hydrogen) atoms. The van der Waals surface area contributed by atoms with Crippen molar-refractivity contribution in [3.8, 4) is 17.0 Å². The van der Waals surface area contributed by atoms with E-state index in [9.17, 15) is 9.59 Å². The molecule has 200 valence electrons. The van der Waals surface area contributed by atoms with Crippen LogP contribution in [0, 0.1) is 0 Å². The first kappa shape index (κ1) is 26.8. The van der Waals surface area contributed by atoms with Gasteiger partial charge in [0, 0.05) is 44.5 Å². The topological polar surface area (TPSA) is 136 Å². The van der Waals surface area contributed by atoms with E-state index in [1.165, 1.54) is 12.4 Å². The van der Waals surface area contributed by atoms with E-state index in [1.54, 1.807) is 23.2 Å². The Morgan fingerprint density at radius 1 is 1.05 bits per heavy atom. The lowest BCUT2D eigenvalue weighted by atomic mass is 10.1. The van der Waals surface area contributed by atoms with Crippen molar-refractivity contribution in [2.45, 2.75) is 26.4 Å². The van der Waals surface area contributed by atoms with Crippen molar-refractivity contribution in [3.05, 3.63) is 60.7 Å². The van der Waals surface area contributed by atoms with Crippen LogP contribution in [0.15, 0.2) is 55.0 Å². The first-order valence-corrected chi connectivity index (χ1v) is 12.5. The van der Waals surface area contributed by atoms with E-state index in [1.807, 2.05) is 45.0 Å². The summed E-state index contributed by atoms with van der Waals surface area (Å²) in [4.78, 5) is 41.4. The van der Waals surface area contributed by atoms with Crippen molar-refractivity contribution >= 4 is 23.5 Å². The number of pyridine rings is 1. The smallest absolute Gasteiger partial charge is 0.410 e. The molecule has 0 saturated carbocycles. The summed E-state index contributed by atoms with van der Waals surface area (Å²) < 4.78 is 11.4. The molecule has 0 bridgehead atoms. The summed E-state index contributed by atoms with van der Waals surface area (Å²) in [6.07, 6.45) is 4.42. The van der Waals surface area contributed by atoms with Crippen LogP contribution in [-0.2, 0) is 4.74 Å². The number of piperazine rings is 1. The number of ether oxygens (including phenoxy) is 2. The third kappa shape index (κ3) is 7.39. The van der Waals surface area contributed by atoms with Crippen LogP contribution in [0.3, 0.4) is 0 Å². The number of nitrogens with zero attached hydrogens (tertiary/aromatic N) is 5. The van der Waals surface area contributed by atoms with Gasteiger partial charge in [-0.1, -0.05) is 0 Å². The van der Waals surface area contributed by atoms with Crippen LogP contribution in [0.2, 0.25) is 0 Å². The molecular weight excluding hydrogens is 486 g/mol. The number of anilines is 2. The molecule has 2 aromatic heterocycles. The van der Waals surface area contributed by atoms with Crippen molar-refractivity contribution < 1.29 is 19.1 Å². The van der Waals surface area contributed by atoms with E-state index in [0.29, 0.717) is 31.1 Å². The summed E-state index contributed by atoms with van der Waals surface area (Å²) in [5, 5.41) is 2.72. The zero-order valence-corrected chi connectivity index (χ0v) is 21.9. The van der Waals surface area contributed by atoms with Gasteiger partial charge < -0.3 is 25.4 Å². The summed E-state index contributed by atoms with van der Waals surface area (Å²) >= 11 is 0. The Hall–Kier alpha value is -4.25. The summed E-state index contributed by atoms with van der Waals surface area (Å²) in [5.41, 5.74) is 7.29. The maximum atomic E-state index is 12.7. The number of aromatic nitrogens is 3. The Labute approximate surface area is 222 Å². The molecule has 1 aromatic carbocycles. The molecule has 0 aliphatic carbocycles. The van der Waals surface area contributed by atoms with Crippen molar-refractivity contribution in [3.63, 3.8) is 0 Å². The van der Waals surface area contributed by atoms with Gasteiger partial charge in [-0.25, -0.2) is 14.8 Å². The fourth-order valence-corrected chi connectivity index (χ4v) is 3.83. The first-order valence-electron chi connectivity index (χ1n) is 12.5. The van der Waals surface area contributed by atoms with E-state index in [4.69, 9.17) is 15.2 Å². The lowest BCUT2D eigenvalue weighted by Gasteiger charge is -2.35. The predicted molar refractivity (Wildman–Crippen MR) is 144 cm³/mol. The van der Waals surface area contributed by atoms with Crippen LogP contribution in [0.5, 0.6) is 5.75 Å². The third-order valence-electron chi connectivity index (χ3n) is 5.79. The van der Waals surface area contributed by atoms with E-state index in [-0.39, 0.29) is 17.6 Å². The zero-order chi connectivity index (χ0) is 27.1. The highest BCUT2D eigenvalue weighted by Crippen LogP contribution is 2.22. The summed E-state index contributed by atoms with van der Waals surface area (Å²) in [7, 11) is 0. The number of nitrogens with two attached hydrogens (primary N) is 1. The number of carbonyl (C=O) groups is 2. The summed E-state index contributed by atoms with van der Waals surface area (Å²) in [6, 6.07) is 10.9. The van der Waals surface area contributed by atoms with E-state index in [2.05, 4.69) is 25.2 Å². The quantitative estimate of drug-likeness (QED) is 0.482. The molecule has 3 heterocycles. The normalized spacial score (nSPS) is 14.1. The number of nitrogen functional groups attached to an aromatic ring is 1. The van der Waals surface area contributed by atoms with Crippen LogP contribution in [0.1, 0.15) is 31.3 Å². The average molecular weight is 520 g/mol. The monoisotopic (exact) mass is 519 g/mol. The minimum absolute atomic E-state index is 0.0402.